The third-order valence-electron chi connectivity index (χ3n) is 4.92. The van der Waals surface area contributed by atoms with Gasteiger partial charge in [-0.1, -0.05) is 12.7 Å². The molecular weight excluding hydrogens is 342 g/mol. The number of piperazine rings is 1. The molecular formula is C20H27N5O2. The molecule has 1 aromatic rings. The molecule has 144 valence electrons. The molecule has 1 fully saturated rings. The third kappa shape index (κ3) is 3.72. The Morgan fingerprint density at radius 3 is 2.70 bits per heavy atom. The van der Waals surface area contributed by atoms with Gasteiger partial charge in [-0.15, -0.1) is 0 Å². The Morgan fingerprint density at radius 2 is 2.07 bits per heavy atom. The van der Waals surface area contributed by atoms with Crippen molar-refractivity contribution >= 4 is 23.2 Å². The van der Waals surface area contributed by atoms with Gasteiger partial charge in [0.15, 0.2) is 0 Å². The van der Waals surface area contributed by atoms with E-state index in [0.717, 1.165) is 11.5 Å². The van der Waals surface area contributed by atoms with Gasteiger partial charge in [-0.2, -0.15) is 0 Å². The second kappa shape index (κ2) is 7.13. The van der Waals surface area contributed by atoms with E-state index in [1.807, 2.05) is 38.7 Å². The molecule has 1 aliphatic carbocycles. The fourth-order valence-corrected chi connectivity index (χ4v) is 3.63. The van der Waals surface area contributed by atoms with Gasteiger partial charge >= 0.3 is 0 Å². The molecule has 1 aliphatic heterocycles. The van der Waals surface area contributed by atoms with Crippen LogP contribution < -0.4 is 10.2 Å². The Kier molecular flexibility index (Phi) is 5.04. The molecule has 1 N–H and O–H groups in total. The minimum absolute atomic E-state index is 0.0599. The summed E-state index contributed by atoms with van der Waals surface area (Å²) in [6.07, 6.45) is 5.63. The van der Waals surface area contributed by atoms with Crippen molar-refractivity contribution in [2.45, 2.75) is 45.7 Å². The number of nitrogens with zero attached hydrogens (tertiary/aromatic N) is 4. The number of nitrogens with one attached hydrogen (secondary N) is 1. The Hall–Kier alpha value is -2.70. The average molecular weight is 369 g/mol. The molecule has 0 bridgehead atoms. The van der Waals surface area contributed by atoms with E-state index in [2.05, 4.69) is 21.8 Å². The number of carbonyl (C=O) groups excluding carboxylic acids is 2. The summed E-state index contributed by atoms with van der Waals surface area (Å²) in [6, 6.07) is 0.0647. The van der Waals surface area contributed by atoms with E-state index < -0.39 is 0 Å². The number of carbonyl (C=O) groups is 2. The summed E-state index contributed by atoms with van der Waals surface area (Å²) >= 11 is 0. The average Bonchev–Trinajstić information content (AvgIpc) is 3.02. The van der Waals surface area contributed by atoms with Gasteiger partial charge in [0, 0.05) is 32.1 Å². The third-order valence-corrected chi connectivity index (χ3v) is 4.92. The van der Waals surface area contributed by atoms with Gasteiger partial charge < -0.3 is 15.1 Å². The van der Waals surface area contributed by atoms with E-state index in [0.29, 0.717) is 37.3 Å². The second-order valence-electron chi connectivity index (χ2n) is 7.90. The molecule has 0 spiro atoms. The Bertz CT molecular complexity index is 813. The minimum atomic E-state index is -0.349. The number of aromatic nitrogens is 2. The second-order valence-corrected chi connectivity index (χ2v) is 7.90. The molecule has 0 saturated carbocycles. The standard InChI is InChI=1S/C20H27N5O2/c1-6-17(26)25-10-9-24(12-20(25,4)5)16-11-21-15-8-7-14(18(15)23-16)19(27)22-13(2)3/h6-7,11,13H,1,8-10,12H2,2-5H3,(H,22,27). The Morgan fingerprint density at radius 1 is 1.33 bits per heavy atom. The topological polar surface area (TPSA) is 78.4 Å². The van der Waals surface area contributed by atoms with Crippen molar-refractivity contribution in [1.82, 2.24) is 20.2 Å². The van der Waals surface area contributed by atoms with Crippen LogP contribution in [0.2, 0.25) is 0 Å². The first-order valence-corrected chi connectivity index (χ1v) is 9.29. The molecule has 0 aromatic carbocycles. The van der Waals surface area contributed by atoms with Gasteiger partial charge in [0.25, 0.3) is 5.91 Å². The highest BCUT2D eigenvalue weighted by Crippen LogP contribution is 2.29. The quantitative estimate of drug-likeness (QED) is 0.815. The molecule has 2 amide bonds. The van der Waals surface area contributed by atoms with Crippen molar-refractivity contribution in [3.8, 4) is 0 Å². The Balaban J connectivity index is 1.82. The number of amides is 2. The first kappa shape index (κ1) is 19.1. The van der Waals surface area contributed by atoms with Crippen LogP contribution in [0, 0.1) is 0 Å². The van der Waals surface area contributed by atoms with E-state index in [-0.39, 0.29) is 23.4 Å². The fraction of sp³-hybridized carbons (Fsp3) is 0.500. The van der Waals surface area contributed by atoms with Crippen LogP contribution in [0.1, 0.15) is 39.1 Å². The van der Waals surface area contributed by atoms with E-state index >= 15 is 0 Å². The van der Waals surface area contributed by atoms with Gasteiger partial charge in [0.2, 0.25) is 5.91 Å². The molecule has 7 heteroatoms. The summed E-state index contributed by atoms with van der Waals surface area (Å²) in [5.41, 5.74) is 1.73. The number of fused-ring (bicyclic) bond motifs is 1. The largest absolute Gasteiger partial charge is 0.351 e. The number of anilines is 1. The lowest BCUT2D eigenvalue weighted by molar-refractivity contribution is -0.131. The van der Waals surface area contributed by atoms with E-state index in [1.165, 1.54) is 6.08 Å². The summed E-state index contributed by atoms with van der Waals surface area (Å²) in [4.78, 5) is 37.8. The van der Waals surface area contributed by atoms with Crippen LogP contribution in [-0.2, 0) is 16.0 Å². The zero-order valence-corrected chi connectivity index (χ0v) is 16.5. The summed E-state index contributed by atoms with van der Waals surface area (Å²) in [5, 5.41) is 2.92. The highest BCUT2D eigenvalue weighted by molar-refractivity contribution is 6.20. The summed E-state index contributed by atoms with van der Waals surface area (Å²) in [7, 11) is 0. The van der Waals surface area contributed by atoms with Crippen LogP contribution >= 0.6 is 0 Å². The van der Waals surface area contributed by atoms with Crippen LogP contribution in [0.5, 0.6) is 0 Å². The molecule has 0 unspecified atom stereocenters. The van der Waals surface area contributed by atoms with Crippen LogP contribution in [0.15, 0.2) is 24.9 Å². The van der Waals surface area contributed by atoms with Crippen molar-refractivity contribution in [2.75, 3.05) is 24.5 Å². The molecule has 2 aliphatic rings. The summed E-state index contributed by atoms with van der Waals surface area (Å²) in [5.74, 6) is 0.560. The van der Waals surface area contributed by atoms with Crippen LogP contribution in [0.25, 0.3) is 5.57 Å². The van der Waals surface area contributed by atoms with Crippen LogP contribution in [0.3, 0.4) is 0 Å². The SMILES string of the molecule is C=CC(=O)N1CCN(c2cnc3c(n2)C(C(=O)NC(C)C)=CC3)CC1(C)C. The smallest absolute Gasteiger partial charge is 0.253 e. The first-order valence-electron chi connectivity index (χ1n) is 9.29. The predicted octanol–water partition coefficient (Wildman–Crippen LogP) is 1.55. The molecule has 0 radical (unpaired) electrons. The number of hydrogen-bond donors (Lipinski definition) is 1. The lowest BCUT2D eigenvalue weighted by Gasteiger charge is -2.47. The maximum absolute atomic E-state index is 12.4. The van der Waals surface area contributed by atoms with Crippen molar-refractivity contribution in [3.63, 3.8) is 0 Å². The fourth-order valence-electron chi connectivity index (χ4n) is 3.63. The molecule has 1 aromatic heterocycles. The van der Waals surface area contributed by atoms with Gasteiger partial charge in [-0.3, -0.25) is 14.6 Å². The number of hydrogen-bond acceptors (Lipinski definition) is 5. The van der Waals surface area contributed by atoms with Gasteiger partial charge in [-0.25, -0.2) is 4.98 Å². The van der Waals surface area contributed by atoms with E-state index in [4.69, 9.17) is 4.98 Å². The molecule has 27 heavy (non-hydrogen) atoms. The molecule has 3 rings (SSSR count). The lowest BCUT2D eigenvalue weighted by atomic mass is 9.98. The van der Waals surface area contributed by atoms with Crippen LogP contribution in [-0.4, -0.2) is 57.9 Å². The normalized spacial score (nSPS) is 18.2. The number of allylic oxidation sites excluding steroid dienone is 1. The number of rotatable bonds is 4. The maximum atomic E-state index is 12.4. The zero-order valence-electron chi connectivity index (χ0n) is 16.5. The van der Waals surface area contributed by atoms with Crippen molar-refractivity contribution in [2.24, 2.45) is 0 Å². The monoisotopic (exact) mass is 369 g/mol. The highest BCUT2D eigenvalue weighted by atomic mass is 16.2. The predicted molar refractivity (Wildman–Crippen MR) is 105 cm³/mol. The summed E-state index contributed by atoms with van der Waals surface area (Å²) in [6.45, 7) is 13.4. The van der Waals surface area contributed by atoms with Crippen molar-refractivity contribution in [1.29, 1.82) is 0 Å². The zero-order chi connectivity index (χ0) is 19.8. The maximum Gasteiger partial charge on any atom is 0.253 e. The van der Waals surface area contributed by atoms with Gasteiger partial charge in [0.1, 0.15) is 5.82 Å². The lowest BCUT2D eigenvalue weighted by Crippen LogP contribution is -2.61. The van der Waals surface area contributed by atoms with E-state index in [9.17, 15) is 9.59 Å². The molecule has 2 heterocycles. The highest BCUT2D eigenvalue weighted by Gasteiger charge is 2.36. The minimum Gasteiger partial charge on any atom is -0.351 e. The van der Waals surface area contributed by atoms with E-state index in [1.54, 1.807) is 6.20 Å². The van der Waals surface area contributed by atoms with Crippen molar-refractivity contribution < 1.29 is 9.59 Å². The van der Waals surface area contributed by atoms with Gasteiger partial charge in [-0.05, 0) is 33.8 Å². The molecule has 1 saturated heterocycles. The summed E-state index contributed by atoms with van der Waals surface area (Å²) < 4.78 is 0. The first-order chi connectivity index (χ1) is 12.7. The van der Waals surface area contributed by atoms with Crippen LogP contribution in [0.4, 0.5) is 5.82 Å². The van der Waals surface area contributed by atoms with Crippen molar-refractivity contribution in [3.05, 3.63) is 36.3 Å². The Labute approximate surface area is 160 Å². The molecule has 7 nitrogen and oxygen atoms in total. The molecule has 0 atom stereocenters. The van der Waals surface area contributed by atoms with Gasteiger partial charge in [0.05, 0.1) is 28.7 Å².